The summed E-state index contributed by atoms with van der Waals surface area (Å²) in [5, 5.41) is 0. The predicted molar refractivity (Wildman–Crippen MR) is 299 cm³/mol. The minimum atomic E-state index is -0.0478. The average Bonchev–Trinajstić information content (AvgIpc) is 3.88. The van der Waals surface area contributed by atoms with Crippen molar-refractivity contribution in [2.75, 3.05) is 9.80 Å². The topological polar surface area (TPSA) is 6.48 Å². The Morgan fingerprint density at radius 1 is 0.314 bits per heavy atom. The van der Waals surface area contributed by atoms with Crippen molar-refractivity contribution in [3.63, 3.8) is 0 Å². The van der Waals surface area contributed by atoms with Crippen molar-refractivity contribution in [3.05, 3.63) is 275 Å². The summed E-state index contributed by atoms with van der Waals surface area (Å²) in [6, 6.07) is 85.0. The molecule has 0 saturated carbocycles. The van der Waals surface area contributed by atoms with Crippen LogP contribution in [0, 0.1) is 0 Å². The lowest BCUT2D eigenvalue weighted by molar-refractivity contribution is 0.490. The Kier molecular flexibility index (Phi) is 12.0. The van der Waals surface area contributed by atoms with Gasteiger partial charge in [-0.05, 0) is 165 Å². The van der Waals surface area contributed by atoms with Crippen LogP contribution >= 0.6 is 0 Å². The molecule has 0 aliphatic heterocycles. The van der Waals surface area contributed by atoms with E-state index in [9.17, 15) is 0 Å². The number of fused-ring (bicyclic) bond motifs is 6. The maximum absolute atomic E-state index is 2.50. The van der Waals surface area contributed by atoms with Crippen LogP contribution < -0.4 is 9.80 Å². The SMILES string of the molecule is CCC1(CC)c2ccccc2-c2ccc(/C(=C\c3ccc(/C=C(\c4ccc5c(c4)C(CC)(CC)c4ccccc4-5)N(c4ccccc4)c4ccccc4)cc3)N(c3ccccc3)c3ccccc3)cc21. The number of anilines is 4. The van der Waals surface area contributed by atoms with Crippen LogP contribution in [0.25, 0.3) is 45.8 Å². The molecule has 2 heteroatoms. The fourth-order valence-electron chi connectivity index (χ4n) is 12.0. The van der Waals surface area contributed by atoms with Crippen LogP contribution in [-0.2, 0) is 10.8 Å². The second-order valence-electron chi connectivity index (χ2n) is 18.9. The van der Waals surface area contributed by atoms with Gasteiger partial charge in [-0.15, -0.1) is 0 Å². The number of para-hydroxylation sites is 4. The van der Waals surface area contributed by atoms with E-state index >= 15 is 0 Å². The largest absolute Gasteiger partial charge is 0.310 e. The van der Waals surface area contributed by atoms with E-state index in [4.69, 9.17) is 0 Å². The number of hydrogen-bond donors (Lipinski definition) is 0. The molecule has 0 spiro atoms. The van der Waals surface area contributed by atoms with Gasteiger partial charge in [-0.3, -0.25) is 0 Å². The van der Waals surface area contributed by atoms with E-state index in [1.807, 2.05) is 0 Å². The molecule has 0 N–H and O–H groups in total. The molecule has 0 unspecified atom stereocenters. The molecule has 70 heavy (non-hydrogen) atoms. The second-order valence-corrected chi connectivity index (χ2v) is 18.9. The quantitative estimate of drug-likeness (QED) is 0.100. The van der Waals surface area contributed by atoms with E-state index in [0.29, 0.717) is 0 Å². The fourth-order valence-corrected chi connectivity index (χ4v) is 12.0. The molecular weight excluding hydrogens is 845 g/mol. The molecule has 0 amide bonds. The predicted octanol–water partition coefficient (Wildman–Crippen LogP) is 18.5. The van der Waals surface area contributed by atoms with Gasteiger partial charge in [0.25, 0.3) is 0 Å². The van der Waals surface area contributed by atoms with Crippen molar-refractivity contribution in [2.45, 2.75) is 64.2 Å². The van der Waals surface area contributed by atoms with E-state index in [2.05, 4.69) is 280 Å². The van der Waals surface area contributed by atoms with E-state index in [1.165, 1.54) is 55.6 Å². The molecule has 2 aliphatic rings. The zero-order chi connectivity index (χ0) is 47.7. The van der Waals surface area contributed by atoms with Gasteiger partial charge in [-0.1, -0.05) is 198 Å². The smallest absolute Gasteiger partial charge is 0.0540 e. The van der Waals surface area contributed by atoms with Gasteiger partial charge in [0.1, 0.15) is 0 Å². The van der Waals surface area contributed by atoms with Crippen LogP contribution in [0.5, 0.6) is 0 Å². The lowest BCUT2D eigenvalue weighted by atomic mass is 9.73. The maximum atomic E-state index is 2.50. The van der Waals surface area contributed by atoms with Gasteiger partial charge in [0.15, 0.2) is 0 Å². The zero-order valence-corrected chi connectivity index (χ0v) is 40.8. The Hall–Kier alpha value is -7.94. The average molecular weight is 905 g/mol. The van der Waals surface area contributed by atoms with Crippen LogP contribution in [0.4, 0.5) is 22.7 Å². The summed E-state index contributed by atoms with van der Waals surface area (Å²) in [6.45, 7) is 9.41. The highest BCUT2D eigenvalue weighted by Gasteiger charge is 2.42. The van der Waals surface area contributed by atoms with Crippen LogP contribution in [0.1, 0.15) is 97.9 Å². The molecule has 0 fully saturated rings. The first kappa shape index (κ1) is 44.6. The normalized spacial score (nSPS) is 14.1. The molecule has 0 atom stereocenters. The van der Waals surface area contributed by atoms with Crippen LogP contribution in [0.15, 0.2) is 231 Å². The third-order valence-corrected chi connectivity index (χ3v) is 15.6. The third-order valence-electron chi connectivity index (χ3n) is 15.6. The number of benzene rings is 9. The summed E-state index contributed by atoms with van der Waals surface area (Å²) in [6.07, 6.45) is 8.92. The first-order valence-electron chi connectivity index (χ1n) is 25.3. The van der Waals surface area contributed by atoms with E-state index in [1.54, 1.807) is 0 Å². The van der Waals surface area contributed by atoms with E-state index in [-0.39, 0.29) is 10.8 Å². The van der Waals surface area contributed by atoms with Gasteiger partial charge in [0, 0.05) is 33.6 Å². The Balaban J connectivity index is 1.08. The standard InChI is InChI=1S/C68H60N2/c1-5-67(6-2)61-35-23-21-33-57(61)59-43-41-51(47-63(59)67)65(69(53-25-13-9-14-26-53)54-27-15-10-16-28-54)45-49-37-39-50(40-38-49)46-66(70(55-29-17-11-18-30-55)56-31-19-12-20-32-56)52-42-44-60-58-34-22-24-36-62(58)68(7-3,8-4)64(60)48-52/h9-48H,5-8H2,1-4H3/b65-45+,66-46+. The van der Waals surface area contributed by atoms with Gasteiger partial charge in [0.2, 0.25) is 0 Å². The van der Waals surface area contributed by atoms with Gasteiger partial charge < -0.3 is 9.80 Å². The Labute approximate surface area is 415 Å². The van der Waals surface area contributed by atoms with Gasteiger partial charge in [-0.2, -0.15) is 0 Å². The highest BCUT2D eigenvalue weighted by Crippen LogP contribution is 2.55. The molecule has 0 radical (unpaired) electrons. The summed E-state index contributed by atoms with van der Waals surface area (Å²) in [5.74, 6) is 0. The summed E-state index contributed by atoms with van der Waals surface area (Å²) in [7, 11) is 0. The molecule has 11 rings (SSSR count). The molecule has 0 aromatic heterocycles. The summed E-state index contributed by atoms with van der Waals surface area (Å²) < 4.78 is 0. The number of hydrogen-bond acceptors (Lipinski definition) is 2. The van der Waals surface area contributed by atoms with E-state index < -0.39 is 0 Å². The third kappa shape index (κ3) is 7.60. The van der Waals surface area contributed by atoms with Crippen molar-refractivity contribution in [1.29, 1.82) is 0 Å². The molecule has 342 valence electrons. The molecule has 0 heterocycles. The molecule has 9 aromatic carbocycles. The molecule has 0 saturated heterocycles. The number of nitrogens with zero attached hydrogens (tertiary/aromatic N) is 2. The first-order chi connectivity index (χ1) is 34.5. The van der Waals surface area contributed by atoms with Crippen molar-refractivity contribution < 1.29 is 0 Å². The van der Waals surface area contributed by atoms with Gasteiger partial charge in [-0.25, -0.2) is 0 Å². The minimum Gasteiger partial charge on any atom is -0.310 e. The summed E-state index contributed by atoms with van der Waals surface area (Å²) in [4.78, 5) is 4.84. The van der Waals surface area contributed by atoms with Gasteiger partial charge >= 0.3 is 0 Å². The van der Waals surface area contributed by atoms with Crippen molar-refractivity contribution in [2.24, 2.45) is 0 Å². The maximum Gasteiger partial charge on any atom is 0.0540 e. The van der Waals surface area contributed by atoms with Crippen LogP contribution in [0.3, 0.4) is 0 Å². The number of rotatable bonds is 14. The Morgan fingerprint density at radius 2 is 0.600 bits per heavy atom. The van der Waals surface area contributed by atoms with Crippen molar-refractivity contribution >= 4 is 46.3 Å². The summed E-state index contributed by atoms with van der Waals surface area (Å²) >= 11 is 0. The van der Waals surface area contributed by atoms with Gasteiger partial charge in [0.05, 0.1) is 11.4 Å². The fraction of sp³-hybridized carbons (Fsp3) is 0.147. The Morgan fingerprint density at radius 3 is 0.914 bits per heavy atom. The molecule has 0 bridgehead atoms. The van der Waals surface area contributed by atoms with Crippen LogP contribution in [0.2, 0.25) is 0 Å². The monoisotopic (exact) mass is 904 g/mol. The Bertz CT molecular complexity index is 3030. The second kappa shape index (κ2) is 18.9. The minimum absolute atomic E-state index is 0.0478. The molecule has 2 nitrogen and oxygen atoms in total. The van der Waals surface area contributed by atoms with E-state index in [0.717, 1.165) is 71.0 Å². The van der Waals surface area contributed by atoms with Crippen LogP contribution in [-0.4, -0.2) is 0 Å². The highest BCUT2D eigenvalue weighted by molar-refractivity contribution is 5.99. The molecule has 2 aliphatic carbocycles. The first-order valence-corrected chi connectivity index (χ1v) is 25.3. The zero-order valence-electron chi connectivity index (χ0n) is 40.8. The summed E-state index contributed by atoms with van der Waals surface area (Å²) in [5.41, 5.74) is 22.4. The van der Waals surface area contributed by atoms with Crippen molar-refractivity contribution in [1.82, 2.24) is 0 Å². The van der Waals surface area contributed by atoms with Crippen molar-refractivity contribution in [3.8, 4) is 22.3 Å². The molecular formula is C68H60N2. The molecule has 9 aromatic rings. The lowest BCUT2D eigenvalue weighted by Gasteiger charge is -2.32. The lowest BCUT2D eigenvalue weighted by Crippen LogP contribution is -2.23. The highest BCUT2D eigenvalue weighted by atomic mass is 15.2.